The van der Waals surface area contributed by atoms with Crippen molar-refractivity contribution >= 4 is 45.0 Å². The van der Waals surface area contributed by atoms with Crippen molar-refractivity contribution in [2.24, 2.45) is 16.2 Å². The number of fused-ring (bicyclic) bond motifs is 4. The molecule has 2 bridgehead atoms. The molecule has 0 aromatic heterocycles. The van der Waals surface area contributed by atoms with Gasteiger partial charge in [-0.15, -0.1) is 4.36 Å². The Labute approximate surface area is 276 Å². The number of ketones is 1. The molecule has 9 nitrogen and oxygen atoms in total. The van der Waals surface area contributed by atoms with Crippen LogP contribution < -0.4 is 9.64 Å². The van der Waals surface area contributed by atoms with Crippen LogP contribution in [0.2, 0.25) is 5.02 Å². The molecule has 1 saturated carbocycles. The van der Waals surface area contributed by atoms with E-state index in [9.17, 15) is 18.6 Å². The van der Waals surface area contributed by atoms with Crippen LogP contribution in [0.1, 0.15) is 73.9 Å². The average Bonchev–Trinajstić information content (AvgIpc) is 3.15. The Morgan fingerprint density at radius 2 is 2.04 bits per heavy atom. The molecular formula is C35H41ClN2O7S. The molecule has 1 fully saturated rings. The standard InChI is InChI=1S/C35H41ClN2O7S/c1-3-28(40)20-46(42)37-34(41)25-10-14-33-31(18-25)38(19-26-9-12-29(26)32(45-23(2)39)8-4-5-16-44-46)21-35(22-43-33)15-6-7-24-17-27(36)11-13-30(24)35/h4,8,10-11,13-14,17-18,26,29,32H,3,5-7,9,12,15-16,19-22H2,1-2H3/b8-4+/t26-,29+,32-,35-,46-/m0/s1. The first-order valence-electron chi connectivity index (χ1n) is 16.2. The maximum absolute atomic E-state index is 13.7. The second kappa shape index (κ2) is 13.5. The number of rotatable bonds is 4. The van der Waals surface area contributed by atoms with E-state index < -0.39 is 27.8 Å². The predicted octanol–water partition coefficient (Wildman–Crippen LogP) is 6.25. The Morgan fingerprint density at radius 3 is 2.80 bits per heavy atom. The number of benzene rings is 2. The van der Waals surface area contributed by atoms with Crippen LogP contribution in [0.4, 0.5) is 5.69 Å². The number of amides is 1. The molecule has 0 radical (unpaired) electrons. The van der Waals surface area contributed by atoms with Gasteiger partial charge in [-0.25, -0.2) is 4.21 Å². The van der Waals surface area contributed by atoms with Gasteiger partial charge in [0.15, 0.2) is 10.0 Å². The summed E-state index contributed by atoms with van der Waals surface area (Å²) < 4.78 is 35.8. The summed E-state index contributed by atoms with van der Waals surface area (Å²) >= 11 is 6.41. The molecule has 2 aromatic rings. The van der Waals surface area contributed by atoms with Gasteiger partial charge in [-0.1, -0.05) is 30.7 Å². The lowest BCUT2D eigenvalue weighted by atomic mass is 9.68. The molecule has 4 aliphatic rings. The third-order valence-electron chi connectivity index (χ3n) is 9.78. The number of carbonyl (C=O) groups is 3. The van der Waals surface area contributed by atoms with Crippen molar-refractivity contribution in [1.82, 2.24) is 0 Å². The fraction of sp³-hybridized carbons (Fsp3) is 0.514. The minimum atomic E-state index is -3.62. The molecule has 46 heavy (non-hydrogen) atoms. The summed E-state index contributed by atoms with van der Waals surface area (Å²) in [5.74, 6) is -0.825. The van der Waals surface area contributed by atoms with Crippen LogP contribution >= 0.6 is 11.6 Å². The van der Waals surface area contributed by atoms with Crippen molar-refractivity contribution in [2.75, 3.05) is 37.0 Å². The predicted molar refractivity (Wildman–Crippen MR) is 177 cm³/mol. The van der Waals surface area contributed by atoms with Gasteiger partial charge in [-0.05, 0) is 92.0 Å². The van der Waals surface area contributed by atoms with Crippen LogP contribution in [0, 0.1) is 11.8 Å². The summed E-state index contributed by atoms with van der Waals surface area (Å²) in [7, 11) is -3.62. The molecule has 246 valence electrons. The van der Waals surface area contributed by atoms with E-state index in [1.54, 1.807) is 25.1 Å². The van der Waals surface area contributed by atoms with Gasteiger partial charge in [0.1, 0.15) is 23.4 Å². The second-order valence-electron chi connectivity index (χ2n) is 12.9. The smallest absolute Gasteiger partial charge is 0.303 e. The first-order valence-corrected chi connectivity index (χ1v) is 18.2. The Kier molecular flexibility index (Phi) is 9.60. The van der Waals surface area contributed by atoms with E-state index >= 15 is 0 Å². The van der Waals surface area contributed by atoms with Gasteiger partial charge in [0.2, 0.25) is 0 Å². The monoisotopic (exact) mass is 668 g/mol. The molecule has 2 heterocycles. The molecule has 2 aromatic carbocycles. The number of hydrogen-bond acceptors (Lipinski definition) is 8. The summed E-state index contributed by atoms with van der Waals surface area (Å²) in [6, 6.07) is 11.3. The number of esters is 1. The van der Waals surface area contributed by atoms with Crippen molar-refractivity contribution in [2.45, 2.75) is 70.3 Å². The number of anilines is 1. The highest BCUT2D eigenvalue weighted by molar-refractivity contribution is 7.90. The fourth-order valence-electron chi connectivity index (χ4n) is 7.31. The normalized spacial score (nSPS) is 30.0. The van der Waals surface area contributed by atoms with Gasteiger partial charge >= 0.3 is 5.97 Å². The third-order valence-corrected chi connectivity index (χ3v) is 11.7. The van der Waals surface area contributed by atoms with Crippen LogP contribution in [0.5, 0.6) is 5.75 Å². The zero-order valence-corrected chi connectivity index (χ0v) is 27.9. The molecule has 11 heteroatoms. The van der Waals surface area contributed by atoms with Crippen LogP contribution in [0.3, 0.4) is 0 Å². The maximum Gasteiger partial charge on any atom is 0.303 e. The number of carbonyl (C=O) groups excluding carboxylic acids is 3. The van der Waals surface area contributed by atoms with E-state index in [0.717, 1.165) is 37.8 Å². The van der Waals surface area contributed by atoms with Crippen LogP contribution in [-0.4, -0.2) is 60.0 Å². The van der Waals surface area contributed by atoms with Crippen molar-refractivity contribution in [3.8, 4) is 5.75 Å². The highest BCUT2D eigenvalue weighted by Gasteiger charge is 2.44. The van der Waals surface area contributed by atoms with Gasteiger partial charge in [0.05, 0.1) is 18.9 Å². The molecule has 2 aliphatic heterocycles. The van der Waals surface area contributed by atoms with Crippen molar-refractivity contribution in [3.05, 3.63) is 70.3 Å². The number of nitrogens with zero attached hydrogens (tertiary/aromatic N) is 2. The number of hydrogen-bond donors (Lipinski definition) is 0. The zero-order chi connectivity index (χ0) is 32.5. The highest BCUT2D eigenvalue weighted by atomic mass is 35.5. The molecule has 0 saturated heterocycles. The first kappa shape index (κ1) is 32.7. The minimum Gasteiger partial charge on any atom is -0.490 e. The van der Waals surface area contributed by atoms with Crippen molar-refractivity contribution < 1.29 is 32.2 Å². The topological polar surface area (TPSA) is 112 Å². The Hall–Kier alpha value is -3.21. The van der Waals surface area contributed by atoms with Gasteiger partial charge < -0.3 is 14.4 Å². The van der Waals surface area contributed by atoms with Gasteiger partial charge in [-0.3, -0.25) is 18.6 Å². The summed E-state index contributed by atoms with van der Waals surface area (Å²) in [6.07, 6.45) is 8.60. The zero-order valence-electron chi connectivity index (χ0n) is 26.4. The van der Waals surface area contributed by atoms with Crippen LogP contribution in [0.15, 0.2) is 52.9 Å². The van der Waals surface area contributed by atoms with Crippen LogP contribution in [0.25, 0.3) is 0 Å². The van der Waals surface area contributed by atoms with Crippen molar-refractivity contribution in [1.29, 1.82) is 0 Å². The molecule has 5 atom stereocenters. The number of aryl methyl sites for hydroxylation is 1. The fourth-order valence-corrected chi connectivity index (χ4v) is 9.03. The maximum atomic E-state index is 13.7. The number of ether oxygens (including phenoxy) is 2. The lowest BCUT2D eigenvalue weighted by Crippen LogP contribution is -2.49. The number of Topliss-reactive ketones (excluding diaryl/α,β-unsaturated/α-hetero) is 1. The van der Waals surface area contributed by atoms with Crippen LogP contribution in [-0.2, 0) is 40.4 Å². The number of halogens is 1. The third kappa shape index (κ3) is 6.89. The Balaban J connectivity index is 1.44. The minimum absolute atomic E-state index is 0.00936. The lowest BCUT2D eigenvalue weighted by Gasteiger charge is -2.45. The first-order chi connectivity index (χ1) is 22.1. The van der Waals surface area contributed by atoms with E-state index in [1.165, 1.54) is 18.1 Å². The van der Waals surface area contributed by atoms with E-state index in [2.05, 4.69) is 21.4 Å². The SMILES string of the molecule is CCC(=O)C[S@@]1(=O)=NC(=O)c2ccc3c(c2)N(C[C@@H]2CC[C@H]2[C@@H](OC(C)=O)/C=C/CCO1)C[C@@]1(CCCc2cc(Cl)ccc21)CO3. The average molecular weight is 669 g/mol. The summed E-state index contributed by atoms with van der Waals surface area (Å²) in [5.41, 5.74) is 3.17. The van der Waals surface area contributed by atoms with E-state index in [4.69, 9.17) is 25.3 Å². The van der Waals surface area contributed by atoms with Gasteiger partial charge in [0, 0.05) is 48.4 Å². The summed E-state index contributed by atoms with van der Waals surface area (Å²) in [6.45, 7) is 4.88. The molecule has 2 aliphatic carbocycles. The quantitative estimate of drug-likeness (QED) is 0.278. The molecule has 1 amide bonds. The highest BCUT2D eigenvalue weighted by Crippen LogP contribution is 2.47. The van der Waals surface area contributed by atoms with E-state index in [1.807, 2.05) is 18.2 Å². The molecule has 6 rings (SSSR count). The van der Waals surface area contributed by atoms with Crippen molar-refractivity contribution in [3.63, 3.8) is 0 Å². The van der Waals surface area contributed by atoms with E-state index in [0.29, 0.717) is 36.9 Å². The van der Waals surface area contributed by atoms with E-state index in [-0.39, 0.29) is 47.6 Å². The molecule has 0 N–H and O–H groups in total. The Morgan fingerprint density at radius 1 is 1.20 bits per heavy atom. The second-order valence-corrected chi connectivity index (χ2v) is 15.2. The largest absolute Gasteiger partial charge is 0.490 e. The van der Waals surface area contributed by atoms with Gasteiger partial charge in [0.25, 0.3) is 5.91 Å². The van der Waals surface area contributed by atoms with Gasteiger partial charge in [-0.2, -0.15) is 0 Å². The lowest BCUT2D eigenvalue weighted by molar-refractivity contribution is -0.149. The molecule has 0 unspecified atom stereocenters. The Bertz CT molecular complexity index is 1680. The summed E-state index contributed by atoms with van der Waals surface area (Å²) in [4.78, 5) is 40.4. The molecular weight excluding hydrogens is 628 g/mol. The summed E-state index contributed by atoms with van der Waals surface area (Å²) in [5, 5.41) is 0.716. The molecule has 1 spiro atoms.